The summed E-state index contributed by atoms with van der Waals surface area (Å²) in [6.45, 7) is 3.81. The van der Waals surface area contributed by atoms with Gasteiger partial charge in [-0.1, -0.05) is 48.6 Å². The second-order valence-corrected chi connectivity index (χ2v) is 5.93. The van der Waals surface area contributed by atoms with Crippen molar-refractivity contribution in [3.63, 3.8) is 0 Å². The maximum atomic E-state index is 12.3. The molecule has 0 fully saturated rings. The molecule has 2 aromatic rings. The maximum absolute atomic E-state index is 12.3. The predicted octanol–water partition coefficient (Wildman–Crippen LogP) is 5.65. The third kappa shape index (κ3) is 6.25. The van der Waals surface area contributed by atoms with Crippen LogP contribution in [0.15, 0.2) is 73.2 Å². The maximum Gasteiger partial charge on any atom is 0.133 e. The fourth-order valence-electron chi connectivity index (χ4n) is 2.61. The van der Waals surface area contributed by atoms with E-state index in [1.807, 2.05) is 74.5 Å². The second-order valence-electron chi connectivity index (χ2n) is 5.93. The average molecular weight is 350 g/mol. The van der Waals surface area contributed by atoms with Gasteiger partial charge in [0.15, 0.2) is 0 Å². The monoisotopic (exact) mass is 350 g/mol. The largest absolute Gasteiger partial charge is 0.465 e. The van der Waals surface area contributed by atoms with Crippen molar-refractivity contribution < 1.29 is 14.3 Å². The molecule has 0 amide bonds. The van der Waals surface area contributed by atoms with E-state index in [-0.39, 0.29) is 5.78 Å². The molecule has 0 aromatic heterocycles. The third-order valence-electron chi connectivity index (χ3n) is 3.95. The van der Waals surface area contributed by atoms with E-state index in [9.17, 15) is 4.79 Å². The molecule has 0 radical (unpaired) electrons. The van der Waals surface area contributed by atoms with E-state index >= 15 is 0 Å². The molecule has 0 bridgehead atoms. The number of benzene rings is 2. The molecule has 136 valence electrons. The van der Waals surface area contributed by atoms with Gasteiger partial charge < -0.3 is 9.47 Å². The van der Waals surface area contributed by atoms with Crippen molar-refractivity contribution in [3.8, 4) is 11.5 Å². The van der Waals surface area contributed by atoms with Crippen LogP contribution in [0.1, 0.15) is 37.8 Å². The van der Waals surface area contributed by atoms with Gasteiger partial charge in [-0.3, -0.25) is 4.79 Å². The molecule has 0 N–H and O–H groups in total. The third-order valence-corrected chi connectivity index (χ3v) is 3.95. The number of ketones is 1. The Morgan fingerprint density at radius 2 is 1.19 bits per heavy atom. The fourth-order valence-corrected chi connectivity index (χ4v) is 2.61. The van der Waals surface area contributed by atoms with Crippen LogP contribution in [0.5, 0.6) is 11.5 Å². The minimum Gasteiger partial charge on any atom is -0.465 e. The molecule has 0 spiro atoms. The number of carbonyl (C=O) groups is 1. The highest BCUT2D eigenvalue weighted by Gasteiger charge is 2.09. The Bertz CT molecular complexity index is 696. The van der Waals surface area contributed by atoms with Gasteiger partial charge in [-0.2, -0.15) is 0 Å². The molecular weight excluding hydrogens is 324 g/mol. The Labute approximate surface area is 156 Å². The molecule has 0 saturated carbocycles. The molecule has 0 aliphatic rings. The normalized spacial score (nSPS) is 11.2. The van der Waals surface area contributed by atoms with Gasteiger partial charge in [-0.15, -0.1) is 0 Å². The minimum absolute atomic E-state index is 0.242. The zero-order chi connectivity index (χ0) is 18.6. The number of carbonyl (C=O) groups excluding carboxylic acids is 1. The van der Waals surface area contributed by atoms with Gasteiger partial charge in [0.1, 0.15) is 17.3 Å². The number of Topliss-reactive ketones (excluding diaryl/α,β-unsaturated/α-hetero) is 1. The van der Waals surface area contributed by atoms with Gasteiger partial charge in [-0.25, -0.2) is 0 Å². The number of hydrogen-bond donors (Lipinski definition) is 0. The van der Waals surface area contributed by atoms with E-state index < -0.39 is 0 Å². The molecular formula is C23H26O3. The summed E-state index contributed by atoms with van der Waals surface area (Å²) in [4.78, 5) is 12.3. The summed E-state index contributed by atoms with van der Waals surface area (Å²) < 4.78 is 11.2. The first kappa shape index (κ1) is 19.5. The summed E-state index contributed by atoms with van der Waals surface area (Å²) in [5.74, 6) is 1.86. The summed E-state index contributed by atoms with van der Waals surface area (Å²) in [5.41, 5.74) is 2.10. The van der Waals surface area contributed by atoms with Crippen LogP contribution in [0.3, 0.4) is 0 Å². The molecule has 26 heavy (non-hydrogen) atoms. The van der Waals surface area contributed by atoms with Crippen molar-refractivity contribution in [2.75, 3.05) is 0 Å². The van der Waals surface area contributed by atoms with Crippen LogP contribution in [0, 0.1) is 0 Å². The Hall–Kier alpha value is -2.81. The highest BCUT2D eigenvalue weighted by atomic mass is 16.5. The van der Waals surface area contributed by atoms with Crippen molar-refractivity contribution in [1.29, 1.82) is 0 Å². The number of allylic oxidation sites excluding steroid dienone is 2. The Morgan fingerprint density at radius 1 is 0.769 bits per heavy atom. The van der Waals surface area contributed by atoms with Crippen LogP contribution < -0.4 is 9.47 Å². The molecule has 0 saturated heterocycles. The summed E-state index contributed by atoms with van der Waals surface area (Å²) in [5, 5.41) is 0. The Kier molecular flexibility index (Phi) is 8.20. The topological polar surface area (TPSA) is 35.5 Å². The van der Waals surface area contributed by atoms with Crippen molar-refractivity contribution >= 4 is 5.78 Å². The van der Waals surface area contributed by atoms with Crippen molar-refractivity contribution in [1.82, 2.24) is 0 Å². The van der Waals surface area contributed by atoms with Crippen molar-refractivity contribution in [3.05, 3.63) is 84.3 Å². The summed E-state index contributed by atoms with van der Waals surface area (Å²) >= 11 is 0. The molecule has 0 unspecified atom stereocenters. The van der Waals surface area contributed by atoms with Crippen LogP contribution in [-0.4, -0.2) is 5.78 Å². The van der Waals surface area contributed by atoms with Crippen LogP contribution in [0.4, 0.5) is 0 Å². The number of hydrogen-bond acceptors (Lipinski definition) is 3. The summed E-state index contributed by atoms with van der Waals surface area (Å²) in [7, 11) is 0. The zero-order valence-corrected chi connectivity index (χ0v) is 15.5. The summed E-state index contributed by atoms with van der Waals surface area (Å²) in [6, 6.07) is 15.7. The van der Waals surface area contributed by atoms with Crippen LogP contribution in [0.2, 0.25) is 0 Å². The number of ether oxygens (including phenoxy) is 2. The van der Waals surface area contributed by atoms with E-state index in [0.29, 0.717) is 25.7 Å². The molecule has 3 nitrogen and oxygen atoms in total. The highest BCUT2D eigenvalue weighted by molar-refractivity contribution is 5.79. The number of rotatable bonds is 10. The molecule has 0 aliphatic heterocycles. The average Bonchev–Trinajstić information content (AvgIpc) is 2.68. The lowest BCUT2D eigenvalue weighted by molar-refractivity contribution is -0.119. The lowest BCUT2D eigenvalue weighted by Crippen LogP contribution is -2.03. The van der Waals surface area contributed by atoms with Gasteiger partial charge in [-0.05, 0) is 49.9 Å². The lowest BCUT2D eigenvalue weighted by atomic mass is 10.0. The number of para-hydroxylation sites is 2. The first-order chi connectivity index (χ1) is 12.7. The van der Waals surface area contributed by atoms with Crippen LogP contribution in [0.25, 0.3) is 0 Å². The Balaban J connectivity index is 1.89. The van der Waals surface area contributed by atoms with E-state index in [4.69, 9.17) is 9.47 Å². The smallest absolute Gasteiger partial charge is 0.133 e. The molecule has 0 heterocycles. The quantitative estimate of drug-likeness (QED) is 0.520. The van der Waals surface area contributed by atoms with Gasteiger partial charge in [0.05, 0.1) is 12.5 Å². The van der Waals surface area contributed by atoms with Crippen molar-refractivity contribution in [2.45, 2.75) is 39.5 Å². The van der Waals surface area contributed by atoms with Gasteiger partial charge in [0.25, 0.3) is 0 Å². The van der Waals surface area contributed by atoms with Crippen LogP contribution >= 0.6 is 0 Å². The second kappa shape index (κ2) is 10.9. The highest BCUT2D eigenvalue weighted by Crippen LogP contribution is 2.22. The van der Waals surface area contributed by atoms with E-state index in [1.54, 1.807) is 12.5 Å². The van der Waals surface area contributed by atoms with E-state index in [2.05, 4.69) is 0 Å². The van der Waals surface area contributed by atoms with Crippen molar-refractivity contribution in [2.24, 2.45) is 0 Å². The van der Waals surface area contributed by atoms with Crippen LogP contribution in [-0.2, 0) is 17.6 Å². The first-order valence-corrected chi connectivity index (χ1v) is 8.97. The predicted molar refractivity (Wildman–Crippen MR) is 105 cm³/mol. The van der Waals surface area contributed by atoms with E-state index in [0.717, 1.165) is 22.6 Å². The van der Waals surface area contributed by atoms with Gasteiger partial charge in [0.2, 0.25) is 0 Å². The molecule has 0 aliphatic carbocycles. The van der Waals surface area contributed by atoms with Gasteiger partial charge in [0, 0.05) is 12.8 Å². The molecule has 3 heteroatoms. The molecule has 2 aromatic carbocycles. The molecule has 0 atom stereocenters. The van der Waals surface area contributed by atoms with E-state index in [1.165, 1.54) is 0 Å². The standard InChI is InChI=1S/C23H26O3/c1-3-17-25-22-11-7-5-9-19(22)13-15-21(24)16-14-20-10-6-8-12-23(20)26-18-4-2/h3-12,17-18H,13-16H2,1-2H3. The minimum atomic E-state index is 0.242. The Morgan fingerprint density at radius 3 is 1.62 bits per heavy atom. The van der Waals surface area contributed by atoms with Gasteiger partial charge >= 0.3 is 0 Å². The fraction of sp³-hybridized carbons (Fsp3) is 0.261. The molecule has 2 rings (SSSR count). The lowest BCUT2D eigenvalue weighted by Gasteiger charge is -2.09. The number of aryl methyl sites for hydroxylation is 2. The SMILES string of the molecule is CC=COc1ccccc1CCC(=O)CCc1ccccc1OC=CC. The first-order valence-electron chi connectivity index (χ1n) is 8.97. The zero-order valence-electron chi connectivity index (χ0n) is 15.5. The summed E-state index contributed by atoms with van der Waals surface area (Å²) in [6.07, 6.45) is 9.38.